The molecule has 2 heterocycles. The van der Waals surface area contributed by atoms with Crippen molar-refractivity contribution < 1.29 is 14.3 Å². The molecule has 33 heavy (non-hydrogen) atoms. The predicted molar refractivity (Wildman–Crippen MR) is 129 cm³/mol. The summed E-state index contributed by atoms with van der Waals surface area (Å²) in [7, 11) is 1.64. The van der Waals surface area contributed by atoms with Crippen LogP contribution in [0.4, 0.5) is 5.69 Å². The molecule has 180 valence electrons. The van der Waals surface area contributed by atoms with Crippen LogP contribution < -0.4 is 4.90 Å². The molecule has 1 saturated heterocycles. The first-order valence-electron chi connectivity index (χ1n) is 12.5. The monoisotopic (exact) mass is 453 g/mol. The molecule has 3 aliphatic rings. The highest BCUT2D eigenvalue weighted by atomic mass is 16.5. The molecule has 1 amide bonds. The van der Waals surface area contributed by atoms with Gasteiger partial charge in [-0.2, -0.15) is 5.26 Å². The smallest absolute Gasteiger partial charge is 0.225 e. The Morgan fingerprint density at radius 1 is 1.30 bits per heavy atom. The molecule has 1 aromatic carbocycles. The van der Waals surface area contributed by atoms with E-state index in [9.17, 15) is 10.1 Å². The second kappa shape index (κ2) is 9.64. The average Bonchev–Trinajstić information content (AvgIpc) is 3.60. The van der Waals surface area contributed by atoms with Gasteiger partial charge < -0.3 is 19.3 Å². The summed E-state index contributed by atoms with van der Waals surface area (Å²) in [6.07, 6.45) is 4.59. The van der Waals surface area contributed by atoms with Crippen LogP contribution in [0.5, 0.6) is 0 Å². The van der Waals surface area contributed by atoms with Gasteiger partial charge >= 0.3 is 0 Å². The third kappa shape index (κ3) is 5.20. The maximum absolute atomic E-state index is 12.9. The number of rotatable bonds is 7. The number of nitriles is 1. The molecule has 0 bridgehead atoms. The Morgan fingerprint density at radius 3 is 2.70 bits per heavy atom. The van der Waals surface area contributed by atoms with Crippen molar-refractivity contribution in [2.75, 3.05) is 38.3 Å². The van der Waals surface area contributed by atoms with Gasteiger partial charge in [0, 0.05) is 39.2 Å². The van der Waals surface area contributed by atoms with Gasteiger partial charge in [0.1, 0.15) is 6.07 Å². The Labute approximate surface area is 198 Å². The van der Waals surface area contributed by atoms with Crippen LogP contribution >= 0.6 is 0 Å². The molecule has 6 heteroatoms. The lowest BCUT2D eigenvalue weighted by atomic mass is 9.84. The van der Waals surface area contributed by atoms with Gasteiger partial charge in [-0.15, -0.1) is 0 Å². The number of hydrogen-bond acceptors (Lipinski definition) is 5. The summed E-state index contributed by atoms with van der Waals surface area (Å²) in [5.41, 5.74) is 5.44. The summed E-state index contributed by atoms with van der Waals surface area (Å²) in [6, 6.07) is 5.00. The molecule has 4 rings (SSSR count). The minimum absolute atomic E-state index is 0.148. The Kier molecular flexibility index (Phi) is 7.02. The van der Waals surface area contributed by atoms with Crippen molar-refractivity contribution in [2.45, 2.75) is 84.0 Å². The number of hydrogen-bond donors (Lipinski definition) is 0. The van der Waals surface area contributed by atoms with Crippen LogP contribution in [0.3, 0.4) is 0 Å². The van der Waals surface area contributed by atoms with Crippen LogP contribution in [-0.2, 0) is 27.3 Å². The zero-order valence-electron chi connectivity index (χ0n) is 20.9. The van der Waals surface area contributed by atoms with Gasteiger partial charge in [0.2, 0.25) is 5.91 Å². The fourth-order valence-electron chi connectivity index (χ4n) is 5.51. The molecule has 1 saturated carbocycles. The molecule has 0 aromatic heterocycles. The summed E-state index contributed by atoms with van der Waals surface area (Å²) in [5, 5.41) is 10.3. The lowest BCUT2D eigenvalue weighted by Gasteiger charge is -2.44. The lowest BCUT2D eigenvalue weighted by Crippen LogP contribution is -2.56. The van der Waals surface area contributed by atoms with E-state index in [1.807, 2.05) is 0 Å². The molecular weight excluding hydrogens is 414 g/mol. The standard InChI is InChI=1S/C27H39N3O3/c1-18(2)12-20-16-29(9-10-30(20)26(31)8-11-32-5)25-13-21(19-6-7-19)24-17-33-27(3,4)14-22(24)23(25)15-28/h13,18-20H,6-12,14,16-17H2,1-5H3. The van der Waals surface area contributed by atoms with Gasteiger partial charge in [0.05, 0.1) is 36.5 Å². The average molecular weight is 454 g/mol. The number of fused-ring (bicyclic) bond motifs is 1. The van der Waals surface area contributed by atoms with E-state index in [0.717, 1.165) is 37.2 Å². The second-order valence-electron chi connectivity index (χ2n) is 11.0. The fourth-order valence-corrected chi connectivity index (χ4v) is 5.51. The highest BCUT2D eigenvalue weighted by Gasteiger charge is 2.37. The van der Waals surface area contributed by atoms with E-state index in [1.165, 1.54) is 29.5 Å². The van der Waals surface area contributed by atoms with Gasteiger partial charge in [0.15, 0.2) is 0 Å². The summed E-state index contributed by atoms with van der Waals surface area (Å²) < 4.78 is 11.3. The van der Waals surface area contributed by atoms with Crippen molar-refractivity contribution in [2.24, 2.45) is 5.92 Å². The number of amides is 1. The third-order valence-corrected chi connectivity index (χ3v) is 7.31. The van der Waals surface area contributed by atoms with Crippen molar-refractivity contribution in [3.05, 3.63) is 28.3 Å². The van der Waals surface area contributed by atoms with Crippen molar-refractivity contribution in [3.63, 3.8) is 0 Å². The molecule has 2 fully saturated rings. The van der Waals surface area contributed by atoms with E-state index >= 15 is 0 Å². The first-order valence-corrected chi connectivity index (χ1v) is 12.5. The second-order valence-corrected chi connectivity index (χ2v) is 11.0. The quantitative estimate of drug-likeness (QED) is 0.613. The topological polar surface area (TPSA) is 65.8 Å². The van der Waals surface area contributed by atoms with Crippen LogP contribution in [0.25, 0.3) is 0 Å². The number of nitrogens with zero attached hydrogens (tertiary/aromatic N) is 3. The molecule has 1 unspecified atom stereocenters. The SMILES string of the molecule is COCCC(=O)N1CCN(c2cc(C3CC3)c3c(c2C#N)CC(C)(C)OC3)CC1CC(C)C. The summed E-state index contributed by atoms with van der Waals surface area (Å²) in [5.74, 6) is 1.26. The molecule has 0 N–H and O–H groups in total. The molecule has 0 radical (unpaired) electrons. The van der Waals surface area contributed by atoms with Gasteiger partial charge in [-0.05, 0) is 67.7 Å². The Morgan fingerprint density at radius 2 is 2.06 bits per heavy atom. The molecular formula is C27H39N3O3. The van der Waals surface area contributed by atoms with Crippen LogP contribution in [-0.4, -0.2) is 55.8 Å². The minimum Gasteiger partial charge on any atom is -0.384 e. The van der Waals surface area contributed by atoms with Crippen LogP contribution in [0.15, 0.2) is 6.07 Å². The van der Waals surface area contributed by atoms with Gasteiger partial charge in [-0.1, -0.05) is 13.8 Å². The minimum atomic E-state index is -0.259. The van der Waals surface area contributed by atoms with Crippen molar-refractivity contribution in [3.8, 4) is 6.07 Å². The van der Waals surface area contributed by atoms with Crippen molar-refractivity contribution >= 4 is 11.6 Å². The Hall–Kier alpha value is -2.10. The van der Waals surface area contributed by atoms with E-state index in [-0.39, 0.29) is 17.6 Å². The number of benzene rings is 1. The number of piperazine rings is 1. The Balaban J connectivity index is 1.68. The molecule has 1 atom stereocenters. The van der Waals surface area contributed by atoms with E-state index < -0.39 is 0 Å². The zero-order chi connectivity index (χ0) is 23.8. The molecule has 0 spiro atoms. The van der Waals surface area contributed by atoms with Crippen LogP contribution in [0.2, 0.25) is 0 Å². The number of ether oxygens (including phenoxy) is 2. The highest BCUT2D eigenvalue weighted by Crippen LogP contribution is 2.47. The molecule has 1 aromatic rings. The Bertz CT molecular complexity index is 930. The summed E-state index contributed by atoms with van der Waals surface area (Å²) >= 11 is 0. The number of methoxy groups -OCH3 is 1. The van der Waals surface area contributed by atoms with E-state index in [0.29, 0.717) is 38.0 Å². The van der Waals surface area contributed by atoms with Gasteiger partial charge in [-0.3, -0.25) is 4.79 Å². The van der Waals surface area contributed by atoms with Gasteiger partial charge in [-0.25, -0.2) is 0 Å². The van der Waals surface area contributed by atoms with Crippen molar-refractivity contribution in [1.82, 2.24) is 4.90 Å². The normalized spacial score (nSPS) is 22.3. The molecule has 2 aliphatic heterocycles. The number of anilines is 1. The summed E-state index contributed by atoms with van der Waals surface area (Å²) in [4.78, 5) is 17.3. The number of carbonyl (C=O) groups is 1. The van der Waals surface area contributed by atoms with E-state index in [2.05, 4.69) is 49.6 Å². The number of carbonyl (C=O) groups excluding carboxylic acids is 1. The predicted octanol–water partition coefficient (Wildman–Crippen LogP) is 4.39. The zero-order valence-corrected chi connectivity index (χ0v) is 20.9. The first kappa shape index (κ1) is 24.0. The van der Waals surface area contributed by atoms with Gasteiger partial charge in [0.25, 0.3) is 0 Å². The fraction of sp³-hybridized carbons (Fsp3) is 0.704. The van der Waals surface area contributed by atoms with E-state index in [1.54, 1.807) is 7.11 Å². The molecule has 1 aliphatic carbocycles. The summed E-state index contributed by atoms with van der Waals surface area (Å²) in [6.45, 7) is 11.9. The maximum Gasteiger partial charge on any atom is 0.225 e. The molecule has 6 nitrogen and oxygen atoms in total. The lowest BCUT2D eigenvalue weighted by molar-refractivity contribution is -0.135. The van der Waals surface area contributed by atoms with Crippen LogP contribution in [0.1, 0.15) is 81.5 Å². The van der Waals surface area contributed by atoms with E-state index in [4.69, 9.17) is 9.47 Å². The first-order chi connectivity index (χ1) is 15.7. The maximum atomic E-state index is 12.9. The third-order valence-electron chi connectivity index (χ3n) is 7.31. The van der Waals surface area contributed by atoms with Crippen LogP contribution in [0, 0.1) is 17.2 Å². The largest absolute Gasteiger partial charge is 0.384 e. The van der Waals surface area contributed by atoms with Crippen molar-refractivity contribution in [1.29, 1.82) is 5.26 Å². The highest BCUT2D eigenvalue weighted by molar-refractivity contribution is 5.77.